The molecule has 5 nitrogen and oxygen atoms in total. The Morgan fingerprint density at radius 1 is 1.11 bits per heavy atom. The topological polar surface area (TPSA) is 66.5 Å². The quantitative estimate of drug-likeness (QED) is 0.483. The fourth-order valence-electron chi connectivity index (χ4n) is 3.23. The molecule has 0 unspecified atom stereocenters. The molecule has 5 rings (SSSR count). The number of pyridine rings is 1. The summed E-state index contributed by atoms with van der Waals surface area (Å²) in [6, 6.07) is 13.1. The van der Waals surface area contributed by atoms with Crippen LogP contribution in [-0.4, -0.2) is 32.2 Å². The highest BCUT2D eigenvalue weighted by atomic mass is 32.2. The Morgan fingerprint density at radius 3 is 2.85 bits per heavy atom. The van der Waals surface area contributed by atoms with Crippen LogP contribution in [0.25, 0.3) is 33.4 Å². The Bertz CT molecular complexity index is 1120. The molecule has 134 valence electrons. The van der Waals surface area contributed by atoms with Crippen LogP contribution in [0.2, 0.25) is 0 Å². The molecule has 0 atom stereocenters. The van der Waals surface area contributed by atoms with Crippen LogP contribution in [0.1, 0.15) is 12.8 Å². The van der Waals surface area contributed by atoms with Gasteiger partial charge in [0.1, 0.15) is 5.65 Å². The van der Waals surface area contributed by atoms with Crippen molar-refractivity contribution in [3.63, 3.8) is 0 Å². The number of nitrogens with zero attached hydrogens (tertiary/aromatic N) is 3. The summed E-state index contributed by atoms with van der Waals surface area (Å²) in [5.74, 6) is 0.696. The van der Waals surface area contributed by atoms with Crippen molar-refractivity contribution in [3.05, 3.63) is 55.0 Å². The Kier molecular flexibility index (Phi) is 4.05. The number of rotatable bonds is 5. The molecule has 1 aliphatic carbocycles. The Balaban J connectivity index is 1.59. The van der Waals surface area contributed by atoms with E-state index >= 15 is 0 Å². The predicted octanol–water partition coefficient (Wildman–Crippen LogP) is 4.98. The van der Waals surface area contributed by atoms with Gasteiger partial charge in [0.25, 0.3) is 0 Å². The predicted molar refractivity (Wildman–Crippen MR) is 111 cm³/mol. The fourth-order valence-corrected chi connectivity index (χ4v) is 3.85. The summed E-state index contributed by atoms with van der Waals surface area (Å²) < 4.78 is 0. The summed E-state index contributed by atoms with van der Waals surface area (Å²) in [6.07, 6.45) is 10.2. The van der Waals surface area contributed by atoms with Gasteiger partial charge in [0.15, 0.2) is 0 Å². The van der Waals surface area contributed by atoms with E-state index in [1.165, 1.54) is 23.3 Å². The minimum absolute atomic E-state index is 0.527. The number of hydrogen-bond acceptors (Lipinski definition) is 5. The van der Waals surface area contributed by atoms with Crippen molar-refractivity contribution in [3.8, 4) is 22.4 Å². The second-order valence-electron chi connectivity index (χ2n) is 6.71. The third-order valence-electron chi connectivity index (χ3n) is 4.79. The van der Waals surface area contributed by atoms with E-state index in [2.05, 4.69) is 56.9 Å². The van der Waals surface area contributed by atoms with Crippen molar-refractivity contribution in [2.45, 2.75) is 23.8 Å². The van der Waals surface area contributed by atoms with Crippen LogP contribution < -0.4 is 5.32 Å². The minimum atomic E-state index is 0.527. The SMILES string of the molecule is CSc1ccccc1-c1cnc2[nH]cc(-c3ccnc(NC4CC4)n3)c2c1. The van der Waals surface area contributed by atoms with Gasteiger partial charge in [-0.05, 0) is 42.9 Å². The molecule has 27 heavy (non-hydrogen) atoms. The molecule has 1 fully saturated rings. The van der Waals surface area contributed by atoms with Gasteiger partial charge in [-0.2, -0.15) is 0 Å². The molecule has 0 radical (unpaired) electrons. The van der Waals surface area contributed by atoms with Crippen LogP contribution in [0.4, 0.5) is 5.95 Å². The van der Waals surface area contributed by atoms with E-state index in [1.54, 1.807) is 11.8 Å². The van der Waals surface area contributed by atoms with Crippen LogP contribution in [0, 0.1) is 0 Å². The van der Waals surface area contributed by atoms with Crippen molar-refractivity contribution < 1.29 is 0 Å². The molecular formula is C21H19N5S. The average molecular weight is 373 g/mol. The molecule has 1 aromatic carbocycles. The zero-order valence-electron chi connectivity index (χ0n) is 14.9. The first-order chi connectivity index (χ1) is 13.3. The third-order valence-corrected chi connectivity index (χ3v) is 5.59. The number of aromatic nitrogens is 4. The van der Waals surface area contributed by atoms with Crippen molar-refractivity contribution in [2.24, 2.45) is 0 Å². The van der Waals surface area contributed by atoms with Crippen molar-refractivity contribution in [1.82, 2.24) is 19.9 Å². The van der Waals surface area contributed by atoms with Crippen LogP contribution in [0.5, 0.6) is 0 Å². The van der Waals surface area contributed by atoms with Gasteiger partial charge in [0.2, 0.25) is 5.95 Å². The van der Waals surface area contributed by atoms with Gasteiger partial charge in [-0.15, -0.1) is 11.8 Å². The number of nitrogens with one attached hydrogen (secondary N) is 2. The smallest absolute Gasteiger partial charge is 0.223 e. The number of benzene rings is 1. The summed E-state index contributed by atoms with van der Waals surface area (Å²) in [5.41, 5.74) is 5.12. The van der Waals surface area contributed by atoms with E-state index in [9.17, 15) is 0 Å². The second-order valence-corrected chi connectivity index (χ2v) is 7.55. The molecule has 3 heterocycles. The van der Waals surface area contributed by atoms with Crippen molar-refractivity contribution in [2.75, 3.05) is 11.6 Å². The van der Waals surface area contributed by atoms with Crippen LogP contribution >= 0.6 is 11.8 Å². The van der Waals surface area contributed by atoms with E-state index in [0.29, 0.717) is 12.0 Å². The van der Waals surface area contributed by atoms with Crippen LogP contribution in [0.3, 0.4) is 0 Å². The zero-order chi connectivity index (χ0) is 18.2. The highest BCUT2D eigenvalue weighted by Gasteiger charge is 2.22. The van der Waals surface area contributed by atoms with E-state index in [4.69, 9.17) is 4.98 Å². The lowest BCUT2D eigenvalue weighted by atomic mass is 10.0. The molecule has 0 amide bonds. The number of H-pyrrole nitrogens is 1. The summed E-state index contributed by atoms with van der Waals surface area (Å²) >= 11 is 1.75. The Morgan fingerprint density at radius 2 is 2.00 bits per heavy atom. The molecule has 0 aliphatic heterocycles. The van der Waals surface area contributed by atoms with Gasteiger partial charge >= 0.3 is 0 Å². The first kappa shape index (κ1) is 16.3. The Labute approximate surface area is 161 Å². The first-order valence-electron chi connectivity index (χ1n) is 9.02. The summed E-state index contributed by atoms with van der Waals surface area (Å²) in [7, 11) is 0. The maximum absolute atomic E-state index is 4.71. The summed E-state index contributed by atoms with van der Waals surface area (Å²) in [6.45, 7) is 0. The monoisotopic (exact) mass is 373 g/mol. The zero-order valence-corrected chi connectivity index (χ0v) is 15.8. The van der Waals surface area contributed by atoms with Gasteiger partial charge in [-0.25, -0.2) is 15.0 Å². The lowest BCUT2D eigenvalue weighted by Gasteiger charge is -2.08. The number of anilines is 1. The highest BCUT2D eigenvalue weighted by molar-refractivity contribution is 7.98. The lowest BCUT2D eigenvalue weighted by molar-refractivity contribution is 1.06. The first-order valence-corrected chi connectivity index (χ1v) is 10.2. The molecule has 2 N–H and O–H groups in total. The minimum Gasteiger partial charge on any atom is -0.351 e. The van der Waals surface area contributed by atoms with E-state index in [1.807, 2.05) is 24.7 Å². The van der Waals surface area contributed by atoms with Crippen molar-refractivity contribution >= 4 is 28.7 Å². The van der Waals surface area contributed by atoms with Crippen LogP contribution in [-0.2, 0) is 0 Å². The average Bonchev–Trinajstić information content (AvgIpc) is 3.43. The molecule has 0 saturated heterocycles. The number of fused-ring (bicyclic) bond motifs is 1. The van der Waals surface area contributed by atoms with Crippen LogP contribution in [0.15, 0.2) is 59.9 Å². The molecule has 4 aromatic rings. The second kappa shape index (κ2) is 6.70. The maximum Gasteiger partial charge on any atom is 0.223 e. The fraction of sp³-hybridized carbons (Fsp3) is 0.190. The normalized spacial score (nSPS) is 13.8. The number of hydrogen-bond donors (Lipinski definition) is 2. The number of aromatic amines is 1. The molecule has 0 spiro atoms. The third kappa shape index (κ3) is 3.17. The molecule has 0 bridgehead atoms. The molecule has 1 saturated carbocycles. The van der Waals surface area contributed by atoms with Gasteiger partial charge in [0.05, 0.1) is 5.69 Å². The molecule has 1 aliphatic rings. The molecule has 6 heteroatoms. The standard InChI is InChI=1S/C21H19N5S/c1-27-19-5-3-2-4-15(19)13-10-16-17(12-24-20(16)23-11-13)18-8-9-22-21(26-18)25-14-6-7-14/h2-5,8-12,14H,6-7H2,1H3,(H,23,24)(H,22,25,26). The van der Waals surface area contributed by atoms with Gasteiger partial charge in [-0.3, -0.25) is 0 Å². The van der Waals surface area contributed by atoms with E-state index < -0.39 is 0 Å². The van der Waals surface area contributed by atoms with Gasteiger partial charge in [0, 0.05) is 46.0 Å². The Hall–Kier alpha value is -2.86. The highest BCUT2D eigenvalue weighted by Crippen LogP contribution is 2.34. The molecular weight excluding hydrogens is 354 g/mol. The summed E-state index contributed by atoms with van der Waals surface area (Å²) in [5, 5.41) is 4.44. The van der Waals surface area contributed by atoms with E-state index in [-0.39, 0.29) is 0 Å². The van der Waals surface area contributed by atoms with Gasteiger partial charge in [-0.1, -0.05) is 18.2 Å². The number of thioether (sulfide) groups is 1. The lowest BCUT2D eigenvalue weighted by Crippen LogP contribution is -2.05. The van der Waals surface area contributed by atoms with Crippen molar-refractivity contribution in [1.29, 1.82) is 0 Å². The molecule has 3 aromatic heterocycles. The summed E-state index contributed by atoms with van der Waals surface area (Å²) in [4.78, 5) is 18.2. The van der Waals surface area contributed by atoms with Gasteiger partial charge < -0.3 is 10.3 Å². The van der Waals surface area contributed by atoms with E-state index in [0.717, 1.165) is 27.9 Å². The largest absolute Gasteiger partial charge is 0.351 e. The maximum atomic E-state index is 4.71.